The summed E-state index contributed by atoms with van der Waals surface area (Å²) in [5.41, 5.74) is 6.92. The zero-order valence-corrected chi connectivity index (χ0v) is 11.0. The van der Waals surface area contributed by atoms with E-state index in [1.54, 1.807) is 10.9 Å². The van der Waals surface area contributed by atoms with Gasteiger partial charge in [-0.3, -0.25) is 4.68 Å². The van der Waals surface area contributed by atoms with Gasteiger partial charge in [-0.2, -0.15) is 10.1 Å². The van der Waals surface area contributed by atoms with Gasteiger partial charge >= 0.3 is 0 Å². The summed E-state index contributed by atoms with van der Waals surface area (Å²) in [6, 6.07) is -0.404. The molecule has 0 amide bonds. The van der Waals surface area contributed by atoms with E-state index < -0.39 is 6.04 Å². The smallest absolute Gasteiger partial charge is 0.248 e. The van der Waals surface area contributed by atoms with Crippen molar-refractivity contribution in [3.63, 3.8) is 0 Å². The van der Waals surface area contributed by atoms with Crippen molar-refractivity contribution >= 4 is 0 Å². The number of aromatic nitrogens is 4. The average Bonchev–Trinajstić information content (AvgIpc) is 2.94. The lowest BCUT2D eigenvalue weighted by atomic mass is 10.1. The molecule has 0 spiro atoms. The van der Waals surface area contributed by atoms with Crippen molar-refractivity contribution in [1.82, 2.24) is 19.9 Å². The molecule has 0 aromatic carbocycles. The van der Waals surface area contributed by atoms with Crippen molar-refractivity contribution in [2.75, 3.05) is 0 Å². The first kappa shape index (κ1) is 12.8. The monoisotopic (exact) mass is 249 g/mol. The van der Waals surface area contributed by atoms with Crippen LogP contribution in [0.5, 0.6) is 0 Å². The van der Waals surface area contributed by atoms with Gasteiger partial charge in [0.15, 0.2) is 5.82 Å². The van der Waals surface area contributed by atoms with Gasteiger partial charge < -0.3 is 10.3 Å². The summed E-state index contributed by atoms with van der Waals surface area (Å²) in [6.45, 7) is 4.34. The second-order valence-electron chi connectivity index (χ2n) is 4.91. The molecule has 0 aliphatic heterocycles. The lowest BCUT2D eigenvalue weighted by Gasteiger charge is -2.02. The number of hydrogen-bond acceptors (Lipinski definition) is 5. The van der Waals surface area contributed by atoms with Gasteiger partial charge in [-0.05, 0) is 12.3 Å². The molecule has 0 bridgehead atoms. The van der Waals surface area contributed by atoms with Crippen molar-refractivity contribution < 1.29 is 4.52 Å². The molecule has 1 unspecified atom stereocenters. The molecule has 0 aliphatic rings. The Morgan fingerprint density at radius 2 is 2.22 bits per heavy atom. The molecule has 0 radical (unpaired) electrons. The fourth-order valence-electron chi connectivity index (χ4n) is 1.66. The van der Waals surface area contributed by atoms with Crippen molar-refractivity contribution in [1.29, 1.82) is 0 Å². The van der Waals surface area contributed by atoms with E-state index in [-0.39, 0.29) is 0 Å². The molecule has 0 fully saturated rings. The average molecular weight is 249 g/mol. The van der Waals surface area contributed by atoms with E-state index in [9.17, 15) is 0 Å². The first-order valence-electron chi connectivity index (χ1n) is 6.13. The fourth-order valence-corrected chi connectivity index (χ4v) is 1.66. The third-order valence-corrected chi connectivity index (χ3v) is 2.78. The molecule has 6 heteroatoms. The molecule has 0 saturated carbocycles. The van der Waals surface area contributed by atoms with Gasteiger partial charge in [0, 0.05) is 25.2 Å². The topological polar surface area (TPSA) is 82.8 Å². The summed E-state index contributed by atoms with van der Waals surface area (Å²) in [6.07, 6.45) is 5.42. The van der Waals surface area contributed by atoms with Gasteiger partial charge in [-0.15, -0.1) is 0 Å². The summed E-state index contributed by atoms with van der Waals surface area (Å²) in [4.78, 5) is 4.33. The second-order valence-corrected chi connectivity index (χ2v) is 4.91. The Bertz CT molecular complexity index is 502. The molecule has 98 valence electrons. The highest BCUT2D eigenvalue weighted by molar-refractivity contribution is 5.16. The quantitative estimate of drug-likeness (QED) is 0.867. The number of nitrogens with zero attached hydrogens (tertiary/aromatic N) is 4. The van der Waals surface area contributed by atoms with E-state index in [1.165, 1.54) is 0 Å². The Labute approximate surface area is 106 Å². The number of aryl methyl sites for hydroxylation is 2. The van der Waals surface area contributed by atoms with Crippen LogP contribution in [0.25, 0.3) is 0 Å². The number of nitrogens with two attached hydrogens (primary N) is 1. The SMILES string of the molecule is CC(C)CCc1noc(C(N)c2cnn(C)c2)n1. The van der Waals surface area contributed by atoms with Crippen molar-refractivity contribution in [3.05, 3.63) is 29.7 Å². The van der Waals surface area contributed by atoms with Crippen LogP contribution in [-0.4, -0.2) is 19.9 Å². The molecule has 2 heterocycles. The Morgan fingerprint density at radius 1 is 1.44 bits per heavy atom. The predicted molar refractivity (Wildman–Crippen MR) is 66.7 cm³/mol. The molecule has 2 rings (SSSR count). The maximum Gasteiger partial charge on any atom is 0.248 e. The molecule has 18 heavy (non-hydrogen) atoms. The molecule has 0 aliphatic carbocycles. The van der Waals surface area contributed by atoms with Crippen LogP contribution in [0.3, 0.4) is 0 Å². The lowest BCUT2D eigenvalue weighted by molar-refractivity contribution is 0.361. The van der Waals surface area contributed by atoms with Crippen LogP contribution in [0.1, 0.15) is 43.6 Å². The van der Waals surface area contributed by atoms with Gasteiger partial charge in [0.1, 0.15) is 6.04 Å². The molecular formula is C12H19N5O. The Hall–Kier alpha value is -1.69. The first-order chi connectivity index (χ1) is 8.56. The van der Waals surface area contributed by atoms with Gasteiger partial charge in [-0.25, -0.2) is 0 Å². The highest BCUT2D eigenvalue weighted by atomic mass is 16.5. The Morgan fingerprint density at radius 3 is 2.83 bits per heavy atom. The predicted octanol–water partition coefficient (Wildman–Crippen LogP) is 1.44. The normalized spacial score (nSPS) is 13.2. The maximum absolute atomic E-state index is 6.05. The standard InChI is InChI=1S/C12H19N5O/c1-8(2)4-5-10-15-12(18-16-10)11(13)9-6-14-17(3)7-9/h6-8,11H,4-5,13H2,1-3H3. The zero-order valence-electron chi connectivity index (χ0n) is 11.0. The van der Waals surface area contributed by atoms with Crippen LogP contribution >= 0.6 is 0 Å². The summed E-state index contributed by atoms with van der Waals surface area (Å²) in [5.74, 6) is 1.79. The molecule has 0 saturated heterocycles. The van der Waals surface area contributed by atoms with Crippen LogP contribution < -0.4 is 5.73 Å². The molecule has 2 aromatic rings. The molecule has 6 nitrogen and oxygen atoms in total. The third-order valence-electron chi connectivity index (χ3n) is 2.78. The second kappa shape index (κ2) is 5.30. The van der Waals surface area contributed by atoms with E-state index in [0.29, 0.717) is 11.8 Å². The highest BCUT2D eigenvalue weighted by Gasteiger charge is 2.18. The van der Waals surface area contributed by atoms with Crippen LogP contribution in [0.15, 0.2) is 16.9 Å². The maximum atomic E-state index is 6.05. The van der Waals surface area contributed by atoms with Gasteiger partial charge in [-0.1, -0.05) is 19.0 Å². The summed E-state index contributed by atoms with van der Waals surface area (Å²) in [5, 5.41) is 8.02. The van der Waals surface area contributed by atoms with Crippen LogP contribution in [0.4, 0.5) is 0 Å². The molecule has 2 aromatic heterocycles. The van der Waals surface area contributed by atoms with Crippen molar-refractivity contribution in [2.45, 2.75) is 32.7 Å². The summed E-state index contributed by atoms with van der Waals surface area (Å²) < 4.78 is 6.90. The van der Waals surface area contributed by atoms with Gasteiger partial charge in [0.05, 0.1) is 6.20 Å². The minimum absolute atomic E-state index is 0.404. The zero-order chi connectivity index (χ0) is 13.1. The minimum Gasteiger partial charge on any atom is -0.337 e. The van der Waals surface area contributed by atoms with Crippen LogP contribution in [0, 0.1) is 5.92 Å². The molecular weight excluding hydrogens is 230 g/mol. The van der Waals surface area contributed by atoms with E-state index in [2.05, 4.69) is 29.1 Å². The summed E-state index contributed by atoms with van der Waals surface area (Å²) >= 11 is 0. The van der Waals surface area contributed by atoms with Crippen LogP contribution in [-0.2, 0) is 13.5 Å². The summed E-state index contributed by atoms with van der Waals surface area (Å²) in [7, 11) is 1.85. The van der Waals surface area contributed by atoms with Crippen molar-refractivity contribution in [2.24, 2.45) is 18.7 Å². The number of rotatable bonds is 5. The first-order valence-corrected chi connectivity index (χ1v) is 6.13. The highest BCUT2D eigenvalue weighted by Crippen LogP contribution is 2.17. The van der Waals surface area contributed by atoms with Gasteiger partial charge in [0.2, 0.25) is 5.89 Å². The fraction of sp³-hybridized carbons (Fsp3) is 0.583. The largest absolute Gasteiger partial charge is 0.337 e. The van der Waals surface area contributed by atoms with E-state index in [4.69, 9.17) is 10.3 Å². The van der Waals surface area contributed by atoms with E-state index in [0.717, 1.165) is 24.2 Å². The number of hydrogen-bond donors (Lipinski definition) is 1. The molecule has 1 atom stereocenters. The van der Waals surface area contributed by atoms with Gasteiger partial charge in [0.25, 0.3) is 0 Å². The van der Waals surface area contributed by atoms with E-state index in [1.807, 2.05) is 13.2 Å². The van der Waals surface area contributed by atoms with E-state index >= 15 is 0 Å². The minimum atomic E-state index is -0.404. The Balaban J connectivity index is 2.05. The lowest BCUT2D eigenvalue weighted by Crippen LogP contribution is -2.11. The van der Waals surface area contributed by atoms with Crippen molar-refractivity contribution in [3.8, 4) is 0 Å². The van der Waals surface area contributed by atoms with Crippen LogP contribution in [0.2, 0.25) is 0 Å². The molecule has 2 N–H and O–H groups in total. The Kier molecular flexibility index (Phi) is 3.76. The third kappa shape index (κ3) is 2.95.